The number of carbonyl (C=O) groups is 3. The van der Waals surface area contributed by atoms with Crippen molar-refractivity contribution in [2.24, 2.45) is 0 Å². The smallest absolute Gasteiger partial charge is 0.293 e. The van der Waals surface area contributed by atoms with E-state index in [2.05, 4.69) is 5.32 Å². The van der Waals surface area contributed by atoms with Gasteiger partial charge in [-0.2, -0.15) is 0 Å². The van der Waals surface area contributed by atoms with Crippen molar-refractivity contribution in [2.45, 2.75) is 11.7 Å². The number of methoxy groups -OCH3 is 1. The largest absolute Gasteiger partial charge is 0.495 e. The van der Waals surface area contributed by atoms with Crippen molar-refractivity contribution in [3.63, 3.8) is 0 Å². The minimum atomic E-state index is -0.831. The maximum atomic E-state index is 13.0. The molecule has 1 aliphatic heterocycles. The number of carbonyl (C=O) groups excluding carboxylic acids is 3. The highest BCUT2D eigenvalue weighted by Gasteiger charge is 2.41. The number of rotatable bonds is 5. The van der Waals surface area contributed by atoms with Crippen molar-refractivity contribution in [3.8, 4) is 5.75 Å². The second kappa shape index (κ2) is 7.57. The van der Waals surface area contributed by atoms with Crippen LogP contribution in [0.25, 0.3) is 0 Å². The van der Waals surface area contributed by atoms with Gasteiger partial charge >= 0.3 is 0 Å². The van der Waals surface area contributed by atoms with Crippen molar-refractivity contribution < 1.29 is 23.5 Å². The summed E-state index contributed by atoms with van der Waals surface area (Å²) in [6, 6.07) is 11.9. The summed E-state index contributed by atoms with van der Waals surface area (Å²) in [5, 5.41) is 1.36. The quantitative estimate of drug-likeness (QED) is 0.868. The number of anilines is 2. The van der Waals surface area contributed by atoms with Crippen LogP contribution in [0.5, 0.6) is 5.75 Å². The van der Waals surface area contributed by atoms with Crippen molar-refractivity contribution in [1.29, 1.82) is 0 Å². The second-order valence-electron chi connectivity index (χ2n) is 5.48. The molecule has 1 unspecified atom stereocenters. The van der Waals surface area contributed by atoms with E-state index in [0.29, 0.717) is 11.4 Å². The number of ether oxygens (including phenoxy) is 1. The molecule has 0 aliphatic carbocycles. The average Bonchev–Trinajstić information content (AvgIpc) is 2.90. The Hall–Kier alpha value is -2.87. The third-order valence-corrected chi connectivity index (χ3v) is 4.80. The monoisotopic (exact) mass is 374 g/mol. The summed E-state index contributed by atoms with van der Waals surface area (Å²) >= 11 is 0.781. The lowest BCUT2D eigenvalue weighted by Crippen LogP contribution is -2.33. The summed E-state index contributed by atoms with van der Waals surface area (Å²) in [4.78, 5) is 37.9. The minimum absolute atomic E-state index is 0.162. The van der Waals surface area contributed by atoms with E-state index in [1.807, 2.05) is 0 Å². The number of hydrogen-bond acceptors (Lipinski definition) is 5. The highest BCUT2D eigenvalue weighted by Crippen LogP contribution is 2.34. The first-order valence-electron chi connectivity index (χ1n) is 7.72. The Balaban J connectivity index is 1.69. The molecule has 3 rings (SSSR count). The Morgan fingerprint density at radius 3 is 2.58 bits per heavy atom. The number of para-hydroxylation sites is 2. The molecule has 134 valence electrons. The van der Waals surface area contributed by atoms with E-state index in [4.69, 9.17) is 4.74 Å². The SMILES string of the molecule is COc1ccccc1NC(=O)CC1SC(=O)N(c2ccc(F)cc2)C1=O. The molecule has 1 fully saturated rings. The predicted octanol–water partition coefficient (Wildman–Crippen LogP) is 3.43. The standard InChI is InChI=1S/C18H15FN2O4S/c1-25-14-5-3-2-4-13(14)20-16(22)10-15-17(23)21(18(24)26-15)12-8-6-11(19)7-9-12/h2-9,15H,10H2,1H3,(H,20,22). The van der Waals surface area contributed by atoms with Crippen LogP contribution in [-0.2, 0) is 9.59 Å². The number of nitrogens with one attached hydrogen (secondary N) is 1. The summed E-state index contributed by atoms with van der Waals surface area (Å²) in [6.07, 6.45) is -0.162. The first kappa shape index (κ1) is 17.9. The molecule has 2 aromatic carbocycles. The van der Waals surface area contributed by atoms with Crippen LogP contribution in [-0.4, -0.2) is 29.4 Å². The number of hydrogen-bond donors (Lipinski definition) is 1. The number of nitrogens with zero attached hydrogens (tertiary/aromatic N) is 1. The van der Waals surface area contributed by atoms with Crippen LogP contribution in [0.3, 0.4) is 0 Å². The fraction of sp³-hybridized carbons (Fsp3) is 0.167. The molecule has 0 aromatic heterocycles. The van der Waals surface area contributed by atoms with Gasteiger partial charge in [-0.1, -0.05) is 12.1 Å². The molecular weight excluding hydrogens is 359 g/mol. The van der Waals surface area contributed by atoms with Crippen LogP contribution in [0.15, 0.2) is 48.5 Å². The fourth-order valence-corrected chi connectivity index (χ4v) is 3.51. The number of amides is 3. The Kier molecular flexibility index (Phi) is 5.22. The summed E-state index contributed by atoms with van der Waals surface area (Å²) in [5.74, 6) is -0.876. The highest BCUT2D eigenvalue weighted by atomic mass is 32.2. The Bertz CT molecular complexity index is 857. The van der Waals surface area contributed by atoms with Crippen LogP contribution < -0.4 is 15.0 Å². The fourth-order valence-electron chi connectivity index (χ4n) is 2.53. The second-order valence-corrected chi connectivity index (χ2v) is 6.63. The van der Waals surface area contributed by atoms with Gasteiger partial charge < -0.3 is 10.1 Å². The van der Waals surface area contributed by atoms with E-state index in [1.165, 1.54) is 31.4 Å². The van der Waals surface area contributed by atoms with Crippen molar-refractivity contribution in [3.05, 3.63) is 54.3 Å². The van der Waals surface area contributed by atoms with Gasteiger partial charge in [0.2, 0.25) is 11.8 Å². The van der Waals surface area contributed by atoms with E-state index in [9.17, 15) is 18.8 Å². The van der Waals surface area contributed by atoms with Crippen molar-refractivity contribution in [1.82, 2.24) is 0 Å². The van der Waals surface area contributed by atoms with Gasteiger partial charge in [0.05, 0.1) is 18.5 Å². The minimum Gasteiger partial charge on any atom is -0.495 e. The zero-order valence-electron chi connectivity index (χ0n) is 13.8. The zero-order valence-corrected chi connectivity index (χ0v) is 14.6. The Morgan fingerprint density at radius 1 is 1.19 bits per heavy atom. The molecule has 2 aromatic rings. The molecule has 0 bridgehead atoms. The van der Waals surface area contributed by atoms with Crippen LogP contribution in [0, 0.1) is 5.82 Å². The topological polar surface area (TPSA) is 75.7 Å². The van der Waals surface area contributed by atoms with E-state index in [-0.39, 0.29) is 12.1 Å². The normalized spacial score (nSPS) is 16.7. The third-order valence-electron chi connectivity index (χ3n) is 3.76. The van der Waals surface area contributed by atoms with Gasteiger partial charge in [0.15, 0.2) is 0 Å². The van der Waals surface area contributed by atoms with Gasteiger partial charge in [-0.25, -0.2) is 9.29 Å². The Morgan fingerprint density at radius 2 is 1.88 bits per heavy atom. The third kappa shape index (κ3) is 3.70. The Labute approximate surface area is 153 Å². The molecule has 0 saturated carbocycles. The van der Waals surface area contributed by atoms with E-state index in [0.717, 1.165) is 16.7 Å². The summed E-state index contributed by atoms with van der Waals surface area (Å²) in [7, 11) is 1.49. The molecule has 1 saturated heterocycles. The number of benzene rings is 2. The van der Waals surface area contributed by atoms with Gasteiger partial charge in [0.1, 0.15) is 16.8 Å². The van der Waals surface area contributed by atoms with Gasteiger partial charge in [-0.3, -0.25) is 14.4 Å². The molecule has 8 heteroatoms. The average molecular weight is 374 g/mol. The van der Waals surface area contributed by atoms with Crippen LogP contribution in [0.2, 0.25) is 0 Å². The molecule has 1 heterocycles. The van der Waals surface area contributed by atoms with Crippen molar-refractivity contribution >= 4 is 40.2 Å². The number of halogens is 1. The molecule has 1 atom stereocenters. The van der Waals surface area contributed by atoms with E-state index < -0.39 is 28.1 Å². The van der Waals surface area contributed by atoms with Gasteiger partial charge in [-0.05, 0) is 48.2 Å². The molecule has 0 radical (unpaired) electrons. The number of imide groups is 1. The molecule has 3 amide bonds. The van der Waals surface area contributed by atoms with Crippen LogP contribution in [0.1, 0.15) is 6.42 Å². The van der Waals surface area contributed by atoms with E-state index >= 15 is 0 Å². The summed E-state index contributed by atoms with van der Waals surface area (Å²) in [5.41, 5.74) is 0.763. The van der Waals surface area contributed by atoms with Crippen molar-refractivity contribution in [2.75, 3.05) is 17.3 Å². The maximum absolute atomic E-state index is 13.0. The highest BCUT2D eigenvalue weighted by molar-refractivity contribution is 8.15. The predicted molar refractivity (Wildman–Crippen MR) is 96.9 cm³/mol. The zero-order chi connectivity index (χ0) is 18.7. The lowest BCUT2D eigenvalue weighted by Gasteiger charge is -2.14. The molecule has 1 aliphatic rings. The first-order chi connectivity index (χ1) is 12.5. The van der Waals surface area contributed by atoms with Gasteiger partial charge in [0.25, 0.3) is 5.24 Å². The van der Waals surface area contributed by atoms with Crippen LogP contribution in [0.4, 0.5) is 20.6 Å². The molecule has 6 nitrogen and oxygen atoms in total. The van der Waals surface area contributed by atoms with Gasteiger partial charge in [0, 0.05) is 6.42 Å². The van der Waals surface area contributed by atoms with Crippen LogP contribution >= 0.6 is 11.8 Å². The van der Waals surface area contributed by atoms with Gasteiger partial charge in [-0.15, -0.1) is 0 Å². The maximum Gasteiger partial charge on any atom is 0.293 e. The molecule has 26 heavy (non-hydrogen) atoms. The molecular formula is C18H15FN2O4S. The lowest BCUT2D eigenvalue weighted by molar-refractivity contribution is -0.121. The summed E-state index contributed by atoms with van der Waals surface area (Å²) < 4.78 is 18.2. The first-order valence-corrected chi connectivity index (χ1v) is 8.60. The molecule has 1 N–H and O–H groups in total. The number of thioether (sulfide) groups is 1. The lowest BCUT2D eigenvalue weighted by atomic mass is 10.2. The van der Waals surface area contributed by atoms with E-state index in [1.54, 1.807) is 24.3 Å². The summed E-state index contributed by atoms with van der Waals surface area (Å²) in [6.45, 7) is 0. The molecule has 0 spiro atoms.